The molecule has 3 fully saturated rings. The first-order valence-electron chi connectivity index (χ1n) is 9.47. The van der Waals surface area contributed by atoms with Crippen molar-refractivity contribution >= 4 is 17.7 Å². The molecule has 1 atom stereocenters. The predicted octanol–water partition coefficient (Wildman–Crippen LogP) is 1.30. The van der Waals surface area contributed by atoms with E-state index in [9.17, 15) is 14.4 Å². The minimum Gasteiger partial charge on any atom is -0.347 e. The molecule has 2 heterocycles. The fourth-order valence-corrected chi connectivity index (χ4v) is 4.29. The second kappa shape index (κ2) is 7.99. The molecule has 6 heteroatoms. The normalized spacial score (nSPS) is 24.8. The highest BCUT2D eigenvalue weighted by molar-refractivity contribution is 5.85. The number of rotatable bonds is 6. The maximum atomic E-state index is 12.3. The van der Waals surface area contributed by atoms with Crippen molar-refractivity contribution in [3.8, 4) is 0 Å². The van der Waals surface area contributed by atoms with Crippen LogP contribution in [-0.2, 0) is 14.4 Å². The van der Waals surface area contributed by atoms with E-state index in [1.165, 1.54) is 25.7 Å². The Bertz CT molecular complexity index is 488. The van der Waals surface area contributed by atoms with Gasteiger partial charge in [-0.25, -0.2) is 0 Å². The number of amides is 3. The second-order valence-corrected chi connectivity index (χ2v) is 7.44. The van der Waals surface area contributed by atoms with E-state index in [0.29, 0.717) is 31.8 Å². The third-order valence-electron chi connectivity index (χ3n) is 5.76. The van der Waals surface area contributed by atoms with E-state index in [1.807, 2.05) is 4.90 Å². The molecule has 0 radical (unpaired) electrons. The van der Waals surface area contributed by atoms with Crippen molar-refractivity contribution in [2.45, 2.75) is 63.8 Å². The molecule has 134 valence electrons. The van der Waals surface area contributed by atoms with Gasteiger partial charge < -0.3 is 15.1 Å². The number of carbonyl (C=O) groups excluding carboxylic acids is 3. The topological polar surface area (TPSA) is 69.7 Å². The Hall–Kier alpha value is -1.59. The van der Waals surface area contributed by atoms with Gasteiger partial charge in [-0.3, -0.25) is 14.4 Å². The van der Waals surface area contributed by atoms with Crippen LogP contribution in [0.3, 0.4) is 0 Å². The van der Waals surface area contributed by atoms with Crippen LogP contribution in [0.5, 0.6) is 0 Å². The minimum absolute atomic E-state index is 0.0132. The monoisotopic (exact) mass is 335 g/mol. The number of hydrogen-bond donors (Lipinski definition) is 1. The first-order valence-corrected chi connectivity index (χ1v) is 9.47. The molecular weight excluding hydrogens is 306 g/mol. The Kier molecular flexibility index (Phi) is 5.74. The van der Waals surface area contributed by atoms with E-state index in [-0.39, 0.29) is 30.3 Å². The van der Waals surface area contributed by atoms with Crippen molar-refractivity contribution in [3.05, 3.63) is 0 Å². The van der Waals surface area contributed by atoms with Crippen molar-refractivity contribution < 1.29 is 14.4 Å². The van der Waals surface area contributed by atoms with Crippen LogP contribution in [0, 0.1) is 5.92 Å². The summed E-state index contributed by atoms with van der Waals surface area (Å²) in [6.45, 7) is 2.21. The van der Waals surface area contributed by atoms with Gasteiger partial charge in [0.2, 0.25) is 17.7 Å². The van der Waals surface area contributed by atoms with Crippen molar-refractivity contribution in [1.29, 1.82) is 0 Å². The molecule has 0 aromatic heterocycles. The number of likely N-dealkylation sites (tertiary alicyclic amines) is 2. The van der Waals surface area contributed by atoms with Gasteiger partial charge in [0.25, 0.3) is 0 Å². The molecule has 2 saturated heterocycles. The first-order chi connectivity index (χ1) is 11.6. The summed E-state index contributed by atoms with van der Waals surface area (Å²) in [6, 6.07) is 0.169. The van der Waals surface area contributed by atoms with Crippen LogP contribution >= 0.6 is 0 Å². The zero-order chi connectivity index (χ0) is 16.9. The predicted molar refractivity (Wildman–Crippen MR) is 90.1 cm³/mol. The van der Waals surface area contributed by atoms with E-state index >= 15 is 0 Å². The molecule has 0 unspecified atom stereocenters. The van der Waals surface area contributed by atoms with Crippen molar-refractivity contribution in [2.24, 2.45) is 5.92 Å². The van der Waals surface area contributed by atoms with Gasteiger partial charge in [-0.05, 0) is 25.2 Å². The average Bonchev–Trinajstić information content (AvgIpc) is 3.31. The van der Waals surface area contributed by atoms with Gasteiger partial charge in [-0.15, -0.1) is 0 Å². The fraction of sp³-hybridized carbons (Fsp3) is 0.833. The largest absolute Gasteiger partial charge is 0.347 e. The average molecular weight is 335 g/mol. The highest BCUT2D eigenvalue weighted by Gasteiger charge is 2.34. The van der Waals surface area contributed by atoms with Gasteiger partial charge in [0.15, 0.2) is 0 Å². The van der Waals surface area contributed by atoms with Crippen LogP contribution < -0.4 is 5.32 Å². The minimum atomic E-state index is -0.0293. The van der Waals surface area contributed by atoms with E-state index in [2.05, 4.69) is 5.32 Å². The Morgan fingerprint density at radius 3 is 2.58 bits per heavy atom. The summed E-state index contributed by atoms with van der Waals surface area (Å²) in [4.78, 5) is 39.7. The van der Waals surface area contributed by atoms with Gasteiger partial charge in [0.05, 0.1) is 12.6 Å². The maximum absolute atomic E-state index is 12.3. The molecule has 6 nitrogen and oxygen atoms in total. The summed E-state index contributed by atoms with van der Waals surface area (Å²) < 4.78 is 0. The van der Waals surface area contributed by atoms with E-state index in [4.69, 9.17) is 0 Å². The molecular formula is C18H29N3O3. The molecule has 0 bridgehead atoms. The van der Waals surface area contributed by atoms with E-state index < -0.39 is 0 Å². The Morgan fingerprint density at radius 2 is 1.88 bits per heavy atom. The molecule has 3 aliphatic rings. The van der Waals surface area contributed by atoms with Crippen LogP contribution in [0.1, 0.15) is 57.8 Å². The summed E-state index contributed by atoms with van der Waals surface area (Å²) in [5.41, 5.74) is 0. The molecule has 3 amide bonds. The molecule has 1 N–H and O–H groups in total. The molecule has 0 aromatic carbocycles. The lowest BCUT2D eigenvalue weighted by molar-refractivity contribution is -0.133. The Labute approximate surface area is 143 Å². The quantitative estimate of drug-likeness (QED) is 0.795. The van der Waals surface area contributed by atoms with Gasteiger partial charge in [-0.2, -0.15) is 0 Å². The highest BCUT2D eigenvalue weighted by Crippen LogP contribution is 2.28. The maximum Gasteiger partial charge on any atom is 0.242 e. The smallest absolute Gasteiger partial charge is 0.242 e. The lowest BCUT2D eigenvalue weighted by atomic mass is 10.0. The first kappa shape index (κ1) is 17.2. The van der Waals surface area contributed by atoms with E-state index in [1.54, 1.807) is 4.90 Å². The summed E-state index contributed by atoms with van der Waals surface area (Å²) in [7, 11) is 0. The number of hydrogen-bond acceptors (Lipinski definition) is 3. The lowest BCUT2D eigenvalue weighted by Crippen LogP contribution is -2.42. The highest BCUT2D eigenvalue weighted by atomic mass is 16.2. The molecule has 3 rings (SSSR count). The zero-order valence-corrected chi connectivity index (χ0v) is 14.5. The zero-order valence-electron chi connectivity index (χ0n) is 14.5. The van der Waals surface area contributed by atoms with Gasteiger partial charge in [0.1, 0.15) is 0 Å². The van der Waals surface area contributed by atoms with Crippen LogP contribution in [0.4, 0.5) is 0 Å². The summed E-state index contributed by atoms with van der Waals surface area (Å²) in [5.74, 6) is 0.873. The number of nitrogens with one attached hydrogen (secondary N) is 1. The van der Waals surface area contributed by atoms with Crippen molar-refractivity contribution in [2.75, 3.05) is 26.2 Å². The molecule has 1 aliphatic carbocycles. The standard InChI is InChI=1S/C18H29N3O3/c22-16(8-7-14-4-1-2-5-14)19-12-18(24)20-11-9-15(13-20)21-10-3-6-17(21)23/h14-15H,1-13H2,(H,19,22)/t15-/m0/s1. The van der Waals surface area contributed by atoms with E-state index in [0.717, 1.165) is 25.8 Å². The summed E-state index contributed by atoms with van der Waals surface area (Å²) in [6.07, 6.45) is 8.98. The second-order valence-electron chi connectivity index (χ2n) is 7.44. The van der Waals surface area contributed by atoms with Crippen molar-refractivity contribution in [1.82, 2.24) is 15.1 Å². The third-order valence-corrected chi connectivity index (χ3v) is 5.76. The molecule has 1 saturated carbocycles. The molecule has 0 spiro atoms. The van der Waals surface area contributed by atoms with Crippen molar-refractivity contribution in [3.63, 3.8) is 0 Å². The number of carbonyl (C=O) groups is 3. The fourth-order valence-electron chi connectivity index (χ4n) is 4.29. The summed E-state index contributed by atoms with van der Waals surface area (Å²) >= 11 is 0. The molecule has 2 aliphatic heterocycles. The number of nitrogens with zero attached hydrogens (tertiary/aromatic N) is 2. The molecule has 24 heavy (non-hydrogen) atoms. The van der Waals surface area contributed by atoms with Gasteiger partial charge >= 0.3 is 0 Å². The van der Waals surface area contributed by atoms with Crippen LogP contribution in [-0.4, -0.2) is 59.7 Å². The third kappa shape index (κ3) is 4.28. The van der Waals surface area contributed by atoms with Gasteiger partial charge in [0, 0.05) is 32.5 Å². The Balaban J connectivity index is 1.34. The van der Waals surface area contributed by atoms with Crippen LogP contribution in [0.2, 0.25) is 0 Å². The Morgan fingerprint density at radius 1 is 1.08 bits per heavy atom. The summed E-state index contributed by atoms with van der Waals surface area (Å²) in [5, 5.41) is 2.77. The van der Waals surface area contributed by atoms with Gasteiger partial charge in [-0.1, -0.05) is 25.7 Å². The SMILES string of the molecule is O=C(CCC1CCCC1)NCC(=O)N1CC[C@H](N2CCCC2=O)C1. The van der Waals surface area contributed by atoms with Crippen LogP contribution in [0.25, 0.3) is 0 Å². The van der Waals surface area contributed by atoms with Crippen LogP contribution in [0.15, 0.2) is 0 Å². The molecule has 0 aromatic rings. The lowest BCUT2D eigenvalue weighted by Gasteiger charge is -2.24.